The molecule has 1 aromatic carbocycles. The lowest BCUT2D eigenvalue weighted by atomic mass is 10.2. The first-order valence-corrected chi connectivity index (χ1v) is 5.79. The minimum Gasteiger partial charge on any atom is -0.306 e. The molecule has 0 saturated carbocycles. The molecule has 2 rings (SSSR count). The molecular weight excluding hydrogens is 194 g/mol. The summed E-state index contributed by atoms with van der Waals surface area (Å²) in [6.45, 7) is 9.11. The van der Waals surface area contributed by atoms with Gasteiger partial charge in [0.25, 0.3) is 0 Å². The zero-order valence-corrected chi connectivity index (χ0v) is 10.5. The predicted molar refractivity (Wildman–Crippen MR) is 73.9 cm³/mol. The van der Waals surface area contributed by atoms with E-state index in [9.17, 15) is 0 Å². The highest BCUT2D eigenvalue weighted by Gasteiger charge is 2.13. The summed E-state index contributed by atoms with van der Waals surface area (Å²) in [7, 11) is 2.18. The van der Waals surface area contributed by atoms with Gasteiger partial charge in [0.05, 0.1) is 0 Å². The lowest BCUT2D eigenvalue weighted by Gasteiger charge is -2.03. The second-order valence-corrected chi connectivity index (χ2v) is 4.81. The standard InChI is InChI=1S/C8H10.C6H13N.CH4/c1-7-3-5-8(2)6-4-7;1-6-3-4-7(2)5-6;/h3-6H,1-2H3;6H,3-5H2,1-2H3;1H4. The third kappa shape index (κ3) is 5.92. The Morgan fingerprint density at radius 2 is 1.50 bits per heavy atom. The molecule has 0 N–H and O–H groups in total. The molecule has 92 valence electrons. The van der Waals surface area contributed by atoms with E-state index >= 15 is 0 Å². The normalized spacial score (nSPS) is 19.6. The molecule has 0 spiro atoms. The van der Waals surface area contributed by atoms with Crippen molar-refractivity contribution < 1.29 is 0 Å². The molecule has 1 aliphatic rings. The molecule has 1 saturated heterocycles. The van der Waals surface area contributed by atoms with Gasteiger partial charge >= 0.3 is 0 Å². The van der Waals surface area contributed by atoms with E-state index in [1.807, 2.05) is 0 Å². The van der Waals surface area contributed by atoms with Gasteiger partial charge in [0.15, 0.2) is 0 Å². The second-order valence-electron chi connectivity index (χ2n) is 4.81. The van der Waals surface area contributed by atoms with Crippen LogP contribution in [0.4, 0.5) is 0 Å². The first-order chi connectivity index (χ1) is 7.08. The van der Waals surface area contributed by atoms with Crippen molar-refractivity contribution in [3.63, 3.8) is 0 Å². The molecule has 0 bridgehead atoms. The average molecular weight is 221 g/mol. The summed E-state index contributed by atoms with van der Waals surface area (Å²) in [6, 6.07) is 8.48. The van der Waals surface area contributed by atoms with Crippen LogP contribution in [0.5, 0.6) is 0 Å². The maximum Gasteiger partial charge on any atom is 0.000445 e. The second kappa shape index (κ2) is 7.45. The van der Waals surface area contributed by atoms with E-state index in [1.165, 1.54) is 30.6 Å². The van der Waals surface area contributed by atoms with Gasteiger partial charge < -0.3 is 4.90 Å². The summed E-state index contributed by atoms with van der Waals surface area (Å²) < 4.78 is 0. The third-order valence-corrected chi connectivity index (χ3v) is 2.85. The van der Waals surface area contributed by atoms with Gasteiger partial charge in [-0.1, -0.05) is 49.7 Å². The summed E-state index contributed by atoms with van der Waals surface area (Å²) in [4.78, 5) is 2.38. The highest BCUT2D eigenvalue weighted by atomic mass is 15.1. The van der Waals surface area contributed by atoms with E-state index in [4.69, 9.17) is 0 Å². The maximum atomic E-state index is 2.38. The van der Waals surface area contributed by atoms with E-state index in [0.29, 0.717) is 0 Å². The smallest absolute Gasteiger partial charge is 0.000445 e. The number of nitrogens with zero attached hydrogens (tertiary/aromatic N) is 1. The highest BCUT2D eigenvalue weighted by Crippen LogP contribution is 2.11. The van der Waals surface area contributed by atoms with Crippen LogP contribution >= 0.6 is 0 Å². The zero-order chi connectivity index (χ0) is 11.3. The SMILES string of the molecule is C.CC1CCN(C)C1.Cc1ccc(C)cc1. The first-order valence-electron chi connectivity index (χ1n) is 5.79. The number of aryl methyl sites for hydroxylation is 2. The molecular formula is C15H27N. The number of hydrogen-bond acceptors (Lipinski definition) is 1. The monoisotopic (exact) mass is 221 g/mol. The minimum absolute atomic E-state index is 0. The van der Waals surface area contributed by atoms with Crippen LogP contribution in [-0.2, 0) is 0 Å². The van der Waals surface area contributed by atoms with Crippen LogP contribution in [0.2, 0.25) is 0 Å². The van der Waals surface area contributed by atoms with Crippen molar-refractivity contribution >= 4 is 0 Å². The number of hydrogen-bond donors (Lipinski definition) is 0. The van der Waals surface area contributed by atoms with E-state index < -0.39 is 0 Å². The maximum absolute atomic E-state index is 2.38. The topological polar surface area (TPSA) is 3.24 Å². The van der Waals surface area contributed by atoms with Gasteiger partial charge in [0.1, 0.15) is 0 Å². The largest absolute Gasteiger partial charge is 0.306 e. The molecule has 0 radical (unpaired) electrons. The summed E-state index contributed by atoms with van der Waals surface area (Å²) in [5, 5.41) is 0. The van der Waals surface area contributed by atoms with Gasteiger partial charge in [0, 0.05) is 6.54 Å². The van der Waals surface area contributed by atoms with Crippen molar-refractivity contribution in [1.82, 2.24) is 4.90 Å². The van der Waals surface area contributed by atoms with Crippen LogP contribution in [-0.4, -0.2) is 25.0 Å². The van der Waals surface area contributed by atoms with Gasteiger partial charge in [-0.25, -0.2) is 0 Å². The first kappa shape index (κ1) is 15.2. The van der Waals surface area contributed by atoms with Gasteiger partial charge in [-0.15, -0.1) is 0 Å². The van der Waals surface area contributed by atoms with Crippen LogP contribution in [0.1, 0.15) is 31.9 Å². The number of benzene rings is 1. The third-order valence-electron chi connectivity index (χ3n) is 2.85. The van der Waals surface area contributed by atoms with Crippen molar-refractivity contribution in [2.24, 2.45) is 5.92 Å². The molecule has 0 amide bonds. The van der Waals surface area contributed by atoms with Gasteiger partial charge in [-0.3, -0.25) is 0 Å². The van der Waals surface area contributed by atoms with Crippen molar-refractivity contribution in [2.75, 3.05) is 20.1 Å². The summed E-state index contributed by atoms with van der Waals surface area (Å²) in [5.74, 6) is 0.949. The lowest BCUT2D eigenvalue weighted by Crippen LogP contribution is -2.12. The number of likely N-dealkylation sites (tertiary alicyclic amines) is 1. The molecule has 1 aromatic rings. The van der Waals surface area contributed by atoms with Crippen molar-refractivity contribution in [1.29, 1.82) is 0 Å². The Labute approximate surface area is 101 Å². The van der Waals surface area contributed by atoms with E-state index in [1.54, 1.807) is 0 Å². The summed E-state index contributed by atoms with van der Waals surface area (Å²) in [6.07, 6.45) is 1.40. The van der Waals surface area contributed by atoms with Crippen LogP contribution in [0, 0.1) is 19.8 Å². The van der Waals surface area contributed by atoms with Crippen LogP contribution < -0.4 is 0 Å². The molecule has 1 aliphatic heterocycles. The van der Waals surface area contributed by atoms with Gasteiger partial charge in [-0.2, -0.15) is 0 Å². The van der Waals surface area contributed by atoms with Gasteiger partial charge in [0.2, 0.25) is 0 Å². The predicted octanol–water partition coefficient (Wildman–Crippen LogP) is 3.90. The molecule has 1 nitrogen and oxygen atoms in total. The van der Waals surface area contributed by atoms with Crippen LogP contribution in [0.25, 0.3) is 0 Å². The van der Waals surface area contributed by atoms with Crippen LogP contribution in [0.15, 0.2) is 24.3 Å². The fraction of sp³-hybridized carbons (Fsp3) is 0.600. The Bertz CT molecular complexity index is 247. The van der Waals surface area contributed by atoms with E-state index in [2.05, 4.69) is 57.0 Å². The minimum atomic E-state index is 0. The Balaban J connectivity index is 0.000000267. The van der Waals surface area contributed by atoms with E-state index in [-0.39, 0.29) is 7.43 Å². The highest BCUT2D eigenvalue weighted by molar-refractivity contribution is 5.19. The Kier molecular flexibility index (Phi) is 7.07. The molecule has 0 aliphatic carbocycles. The quantitative estimate of drug-likeness (QED) is 0.642. The lowest BCUT2D eigenvalue weighted by molar-refractivity contribution is 0.402. The van der Waals surface area contributed by atoms with Crippen molar-refractivity contribution in [2.45, 2.75) is 34.6 Å². The Hall–Kier alpha value is -0.820. The fourth-order valence-electron chi connectivity index (χ4n) is 1.79. The molecule has 1 heteroatoms. The fourth-order valence-corrected chi connectivity index (χ4v) is 1.79. The van der Waals surface area contributed by atoms with Crippen LogP contribution in [0.3, 0.4) is 0 Å². The molecule has 1 heterocycles. The summed E-state index contributed by atoms with van der Waals surface area (Å²) >= 11 is 0. The molecule has 0 aromatic heterocycles. The molecule has 1 unspecified atom stereocenters. The molecule has 16 heavy (non-hydrogen) atoms. The average Bonchev–Trinajstić information content (AvgIpc) is 2.56. The van der Waals surface area contributed by atoms with Crippen molar-refractivity contribution in [3.8, 4) is 0 Å². The van der Waals surface area contributed by atoms with Gasteiger partial charge in [-0.05, 0) is 39.8 Å². The Morgan fingerprint density at radius 1 is 1.06 bits per heavy atom. The van der Waals surface area contributed by atoms with Crippen molar-refractivity contribution in [3.05, 3.63) is 35.4 Å². The molecule has 1 atom stereocenters. The number of rotatable bonds is 0. The molecule has 1 fully saturated rings. The van der Waals surface area contributed by atoms with E-state index in [0.717, 1.165) is 5.92 Å². The Morgan fingerprint density at radius 3 is 1.69 bits per heavy atom. The zero-order valence-electron chi connectivity index (χ0n) is 10.5. The summed E-state index contributed by atoms with van der Waals surface area (Å²) in [5.41, 5.74) is 2.66.